The number of allylic oxidation sites excluding steroid dienone is 1. The van der Waals surface area contributed by atoms with Crippen LogP contribution in [0, 0.1) is 5.41 Å². The normalized spacial score (nSPS) is 14.3. The van der Waals surface area contributed by atoms with Crippen LogP contribution in [0.3, 0.4) is 0 Å². The lowest BCUT2D eigenvalue weighted by atomic mass is 9.78. The van der Waals surface area contributed by atoms with Gasteiger partial charge in [0, 0.05) is 63.2 Å². The van der Waals surface area contributed by atoms with E-state index in [9.17, 15) is 0 Å². The topological polar surface area (TPSA) is 33.5 Å². The molecule has 5 nitrogen and oxygen atoms in total. The van der Waals surface area contributed by atoms with Gasteiger partial charge in [-0.25, -0.2) is 4.98 Å². The summed E-state index contributed by atoms with van der Waals surface area (Å²) in [6.45, 7) is 32.7. The summed E-state index contributed by atoms with van der Waals surface area (Å²) in [5.74, 6) is 2.48. The molecule has 3 heterocycles. The van der Waals surface area contributed by atoms with Crippen molar-refractivity contribution >= 4 is 33.2 Å². The molecule has 62 heavy (non-hydrogen) atoms. The molecule has 0 fully saturated rings. The fourth-order valence-corrected chi connectivity index (χ4v) is 8.71. The highest BCUT2D eigenvalue weighted by Crippen LogP contribution is 2.44. The Morgan fingerprint density at radius 2 is 1.11 bits per heavy atom. The molecule has 0 saturated carbocycles. The minimum Gasteiger partial charge on any atom is -0.457 e. The molecule has 0 spiro atoms. The van der Waals surface area contributed by atoms with Crippen LogP contribution >= 0.6 is 0 Å². The van der Waals surface area contributed by atoms with Gasteiger partial charge >= 0.3 is 0 Å². The fourth-order valence-electron chi connectivity index (χ4n) is 8.71. The van der Waals surface area contributed by atoms with Gasteiger partial charge in [-0.2, -0.15) is 0 Å². The van der Waals surface area contributed by atoms with E-state index in [0.29, 0.717) is 6.67 Å². The average Bonchev–Trinajstić information content (AvgIpc) is 3.81. The second-order valence-electron chi connectivity index (χ2n) is 22.1. The molecular formula is C57H66N4O. The van der Waals surface area contributed by atoms with Gasteiger partial charge in [0.1, 0.15) is 17.3 Å². The monoisotopic (exact) mass is 823 g/mol. The summed E-state index contributed by atoms with van der Waals surface area (Å²) in [6.07, 6.45) is 4.29. The number of hydrogen-bond acceptors (Lipinski definition) is 4. The SMILES string of the molecule is CC(C)(C)C1=CN(c2cc(Oc3ccc4c5cc(C(C)(C)C)ccc5n(-c5cc(C(C)(C)C)ccn5)c4c3)cc(C(C)(C)c3ccccc3)c2)CN1c1cccc(C(C)(C)C)c1. The maximum absolute atomic E-state index is 7.07. The first-order chi connectivity index (χ1) is 29.0. The van der Waals surface area contributed by atoms with Crippen molar-refractivity contribution in [2.75, 3.05) is 16.5 Å². The van der Waals surface area contributed by atoms with Gasteiger partial charge < -0.3 is 14.5 Å². The Kier molecular flexibility index (Phi) is 10.5. The zero-order valence-electron chi connectivity index (χ0n) is 39.6. The number of fused-ring (bicyclic) bond motifs is 3. The first-order valence-electron chi connectivity index (χ1n) is 22.3. The third-order valence-electron chi connectivity index (χ3n) is 12.8. The molecule has 0 amide bonds. The van der Waals surface area contributed by atoms with Crippen LogP contribution < -0.4 is 14.5 Å². The zero-order valence-corrected chi connectivity index (χ0v) is 39.6. The Labute approximate surface area is 371 Å². The second kappa shape index (κ2) is 15.2. The fraction of sp³-hybridized carbons (Fsp3) is 0.351. The van der Waals surface area contributed by atoms with Crippen molar-refractivity contribution < 1.29 is 4.74 Å². The summed E-state index contributed by atoms with van der Waals surface area (Å²) in [5, 5.41) is 2.39. The van der Waals surface area contributed by atoms with Crippen molar-refractivity contribution in [3.05, 3.63) is 167 Å². The Morgan fingerprint density at radius 3 is 1.79 bits per heavy atom. The van der Waals surface area contributed by atoms with Crippen LogP contribution in [0.5, 0.6) is 11.5 Å². The van der Waals surface area contributed by atoms with Gasteiger partial charge in [-0.3, -0.25) is 4.57 Å². The maximum Gasteiger partial charge on any atom is 0.137 e. The van der Waals surface area contributed by atoms with Crippen molar-refractivity contribution in [3.8, 4) is 17.3 Å². The van der Waals surface area contributed by atoms with Gasteiger partial charge in [0.2, 0.25) is 0 Å². The van der Waals surface area contributed by atoms with Gasteiger partial charge in [0.05, 0.1) is 17.7 Å². The van der Waals surface area contributed by atoms with E-state index in [4.69, 9.17) is 9.72 Å². The largest absolute Gasteiger partial charge is 0.457 e. The van der Waals surface area contributed by atoms with Crippen molar-refractivity contribution in [2.24, 2.45) is 5.41 Å². The molecule has 0 aliphatic carbocycles. The molecule has 2 aromatic heterocycles. The highest BCUT2D eigenvalue weighted by Gasteiger charge is 2.33. The molecule has 0 radical (unpaired) electrons. The van der Waals surface area contributed by atoms with Crippen molar-refractivity contribution in [3.63, 3.8) is 0 Å². The molecule has 0 N–H and O–H groups in total. The summed E-state index contributed by atoms with van der Waals surface area (Å²) in [5.41, 5.74) is 11.7. The Hall–Kier alpha value is -5.81. The van der Waals surface area contributed by atoms with E-state index < -0.39 is 0 Å². The molecule has 8 rings (SSSR count). The van der Waals surface area contributed by atoms with Gasteiger partial charge in [0.15, 0.2) is 0 Å². The number of rotatable bonds is 7. The standard InChI is InChI=1S/C57H66N4O/c1-53(2,3)39-21-18-22-43(29-39)60-37-59(36-51(60)56(10,11)12)44-30-42(57(13,14)38-19-16-15-17-20-38)31-46(34-44)62-45-24-25-47-48-32-40(54(4,5)6)23-26-49(48)61(50(47)35-45)52-33-41(27-28-58-52)55(7,8)9/h15-36H,37H2,1-14H3. The zero-order chi connectivity index (χ0) is 44.6. The van der Waals surface area contributed by atoms with Crippen LogP contribution in [-0.2, 0) is 21.7 Å². The molecule has 0 bridgehead atoms. The average molecular weight is 823 g/mol. The number of anilines is 2. The lowest BCUT2D eigenvalue weighted by Crippen LogP contribution is -2.31. The lowest BCUT2D eigenvalue weighted by Gasteiger charge is -2.32. The van der Waals surface area contributed by atoms with Crippen LogP contribution in [0.2, 0.25) is 0 Å². The van der Waals surface area contributed by atoms with E-state index >= 15 is 0 Å². The summed E-state index contributed by atoms with van der Waals surface area (Å²) >= 11 is 0. The van der Waals surface area contributed by atoms with Crippen LogP contribution in [0.25, 0.3) is 27.6 Å². The van der Waals surface area contributed by atoms with Crippen LogP contribution in [0.15, 0.2) is 139 Å². The maximum atomic E-state index is 7.07. The van der Waals surface area contributed by atoms with Crippen LogP contribution in [0.1, 0.15) is 125 Å². The van der Waals surface area contributed by atoms with Gasteiger partial charge in [-0.1, -0.05) is 145 Å². The number of nitrogens with zero attached hydrogens (tertiary/aromatic N) is 4. The molecule has 7 aromatic rings. The van der Waals surface area contributed by atoms with Crippen molar-refractivity contribution in [2.45, 2.75) is 119 Å². The van der Waals surface area contributed by atoms with E-state index in [-0.39, 0.29) is 27.1 Å². The first-order valence-corrected chi connectivity index (χ1v) is 22.3. The molecule has 0 unspecified atom stereocenters. The lowest BCUT2D eigenvalue weighted by molar-refractivity contribution is 0.480. The molecule has 320 valence electrons. The van der Waals surface area contributed by atoms with E-state index in [1.165, 1.54) is 50.0 Å². The Morgan fingerprint density at radius 1 is 0.468 bits per heavy atom. The second-order valence-corrected chi connectivity index (χ2v) is 22.1. The summed E-state index contributed by atoms with van der Waals surface area (Å²) in [6, 6.07) is 44.5. The van der Waals surface area contributed by atoms with E-state index in [1.807, 2.05) is 6.20 Å². The smallest absolute Gasteiger partial charge is 0.137 e. The molecule has 5 aromatic carbocycles. The number of ether oxygens (including phenoxy) is 1. The summed E-state index contributed by atoms with van der Waals surface area (Å²) < 4.78 is 9.38. The van der Waals surface area contributed by atoms with Gasteiger partial charge in [-0.15, -0.1) is 0 Å². The van der Waals surface area contributed by atoms with Crippen LogP contribution in [-0.4, -0.2) is 16.2 Å². The van der Waals surface area contributed by atoms with E-state index in [1.54, 1.807) is 0 Å². The molecular weight excluding hydrogens is 757 g/mol. The molecule has 1 aliphatic heterocycles. The van der Waals surface area contributed by atoms with E-state index in [0.717, 1.165) is 34.0 Å². The third-order valence-corrected chi connectivity index (χ3v) is 12.8. The number of hydrogen-bond donors (Lipinski definition) is 0. The summed E-state index contributed by atoms with van der Waals surface area (Å²) in [7, 11) is 0. The summed E-state index contributed by atoms with van der Waals surface area (Å²) in [4.78, 5) is 9.85. The predicted octanol–water partition coefficient (Wildman–Crippen LogP) is 15.4. The van der Waals surface area contributed by atoms with Crippen molar-refractivity contribution in [1.29, 1.82) is 0 Å². The Balaban J connectivity index is 1.27. The van der Waals surface area contributed by atoms with Gasteiger partial charge in [0.25, 0.3) is 0 Å². The minimum atomic E-state index is -0.294. The van der Waals surface area contributed by atoms with Gasteiger partial charge in [-0.05, 0) is 105 Å². The number of benzene rings is 5. The molecule has 0 saturated heterocycles. The first kappa shape index (κ1) is 42.9. The highest BCUT2D eigenvalue weighted by molar-refractivity contribution is 6.09. The number of pyridine rings is 1. The van der Waals surface area contributed by atoms with Crippen LogP contribution in [0.4, 0.5) is 11.4 Å². The molecule has 1 aliphatic rings. The quantitative estimate of drug-likeness (QED) is 0.160. The molecule has 5 heteroatoms. The predicted molar refractivity (Wildman–Crippen MR) is 264 cm³/mol. The van der Waals surface area contributed by atoms with E-state index in [2.05, 4.69) is 239 Å². The molecule has 0 atom stereocenters. The minimum absolute atomic E-state index is 0.0119. The number of aromatic nitrogens is 2. The third kappa shape index (κ3) is 8.27. The van der Waals surface area contributed by atoms with Crippen molar-refractivity contribution in [1.82, 2.24) is 9.55 Å². The Bertz CT molecular complexity index is 2810. The highest BCUT2D eigenvalue weighted by atomic mass is 16.5.